The summed E-state index contributed by atoms with van der Waals surface area (Å²) in [5.74, 6) is -3.36. The summed E-state index contributed by atoms with van der Waals surface area (Å²) in [6.45, 7) is 6.41. The van der Waals surface area contributed by atoms with Gasteiger partial charge in [-0.3, -0.25) is 9.36 Å². The Hall–Kier alpha value is -2.63. The van der Waals surface area contributed by atoms with Crippen molar-refractivity contribution in [2.45, 2.75) is 45.5 Å². The molecule has 3 N–H and O–H groups in total. The van der Waals surface area contributed by atoms with Crippen LogP contribution in [0.5, 0.6) is 0 Å². The van der Waals surface area contributed by atoms with Crippen molar-refractivity contribution in [3.8, 4) is 11.1 Å². The molecule has 1 unspecified atom stereocenters. The highest BCUT2D eigenvalue weighted by molar-refractivity contribution is 7.58. The van der Waals surface area contributed by atoms with E-state index in [0.29, 0.717) is 0 Å². The van der Waals surface area contributed by atoms with Crippen LogP contribution in [0.1, 0.15) is 33.3 Å². The van der Waals surface area contributed by atoms with Crippen molar-refractivity contribution in [2.24, 2.45) is 5.92 Å². The Balaban J connectivity index is 2.05. The summed E-state index contributed by atoms with van der Waals surface area (Å²) >= 11 is 0. The van der Waals surface area contributed by atoms with Crippen LogP contribution in [0.25, 0.3) is 11.1 Å². The molecule has 7 nitrogen and oxygen atoms in total. The van der Waals surface area contributed by atoms with Gasteiger partial charge in [-0.2, -0.15) is 0 Å². The number of aliphatic carboxylic acids is 1. The largest absolute Gasteiger partial charge is 0.481 e. The highest BCUT2D eigenvalue weighted by Crippen LogP contribution is 2.47. The lowest BCUT2D eigenvalue weighted by Crippen LogP contribution is -2.38. The quantitative estimate of drug-likeness (QED) is 0.504. The molecule has 0 saturated heterocycles. The first-order valence-corrected chi connectivity index (χ1v) is 12.0. The van der Waals surface area contributed by atoms with E-state index in [1.807, 2.05) is 54.6 Å². The van der Waals surface area contributed by atoms with Gasteiger partial charge in [0.2, 0.25) is 7.37 Å². The summed E-state index contributed by atoms with van der Waals surface area (Å²) in [6, 6.07) is 17.2. The fraction of sp³-hybridized carbons (Fsp3) is 0.391. The van der Waals surface area contributed by atoms with Crippen LogP contribution in [-0.2, 0) is 20.5 Å². The predicted octanol–water partition coefficient (Wildman–Crippen LogP) is 4.74. The van der Waals surface area contributed by atoms with Gasteiger partial charge in [-0.25, -0.2) is 4.79 Å². The van der Waals surface area contributed by atoms with Crippen molar-refractivity contribution in [1.82, 2.24) is 5.32 Å². The molecule has 2 aromatic rings. The minimum Gasteiger partial charge on any atom is -0.481 e. The van der Waals surface area contributed by atoms with Crippen molar-refractivity contribution in [3.63, 3.8) is 0 Å². The Morgan fingerprint density at radius 3 is 2.10 bits per heavy atom. The van der Waals surface area contributed by atoms with Crippen LogP contribution in [0.15, 0.2) is 54.6 Å². The molecule has 0 aliphatic carbocycles. The van der Waals surface area contributed by atoms with Crippen LogP contribution >= 0.6 is 7.37 Å². The molecule has 31 heavy (non-hydrogen) atoms. The van der Waals surface area contributed by atoms with Gasteiger partial charge in [0, 0.05) is 6.16 Å². The number of carboxylic acids is 1. The zero-order valence-corrected chi connectivity index (χ0v) is 19.1. The number of nitrogens with one attached hydrogen (secondary N) is 1. The number of amides is 1. The Morgan fingerprint density at radius 2 is 1.58 bits per heavy atom. The maximum absolute atomic E-state index is 12.8. The Bertz CT molecular complexity index is 937. The molecular weight excluding hydrogens is 417 g/mol. The van der Waals surface area contributed by atoms with Gasteiger partial charge in [0.15, 0.2) is 0 Å². The van der Waals surface area contributed by atoms with E-state index in [-0.39, 0.29) is 6.42 Å². The van der Waals surface area contributed by atoms with Crippen molar-refractivity contribution in [2.75, 3.05) is 6.16 Å². The number of ether oxygens (including phenoxy) is 1. The van der Waals surface area contributed by atoms with Crippen LogP contribution in [-0.4, -0.2) is 39.6 Å². The summed E-state index contributed by atoms with van der Waals surface area (Å²) in [7, 11) is -4.00. The normalized spacial score (nSPS) is 15.4. The zero-order valence-electron chi connectivity index (χ0n) is 18.2. The van der Waals surface area contributed by atoms with Crippen LogP contribution in [0.4, 0.5) is 4.79 Å². The lowest BCUT2D eigenvalue weighted by atomic mass is 9.98. The molecule has 0 heterocycles. The lowest BCUT2D eigenvalue weighted by molar-refractivity contribution is -0.141. The Kier molecular flexibility index (Phi) is 8.04. The maximum Gasteiger partial charge on any atom is 0.408 e. The fourth-order valence-electron chi connectivity index (χ4n) is 3.03. The third-order valence-corrected chi connectivity index (χ3v) is 7.01. The molecule has 168 valence electrons. The van der Waals surface area contributed by atoms with Gasteiger partial charge in [0.25, 0.3) is 0 Å². The van der Waals surface area contributed by atoms with Crippen molar-refractivity contribution in [1.29, 1.82) is 0 Å². The molecule has 1 amide bonds. The van der Waals surface area contributed by atoms with Gasteiger partial charge in [-0.15, -0.1) is 0 Å². The minimum absolute atomic E-state index is 0.105. The van der Waals surface area contributed by atoms with E-state index in [1.54, 1.807) is 20.8 Å². The molecule has 0 radical (unpaired) electrons. The van der Waals surface area contributed by atoms with Crippen LogP contribution in [0.2, 0.25) is 0 Å². The Labute approximate surface area is 182 Å². The van der Waals surface area contributed by atoms with Gasteiger partial charge in [0.1, 0.15) is 11.4 Å². The topological polar surface area (TPSA) is 113 Å². The van der Waals surface area contributed by atoms with E-state index in [2.05, 4.69) is 5.32 Å². The summed E-state index contributed by atoms with van der Waals surface area (Å²) in [5.41, 5.74) is 2.04. The predicted molar refractivity (Wildman–Crippen MR) is 120 cm³/mol. The van der Waals surface area contributed by atoms with Crippen molar-refractivity contribution in [3.05, 3.63) is 60.2 Å². The maximum atomic E-state index is 12.8. The molecule has 3 atom stereocenters. The average molecular weight is 447 g/mol. The second-order valence-corrected chi connectivity index (χ2v) is 11.2. The average Bonchev–Trinajstić information content (AvgIpc) is 2.67. The highest BCUT2D eigenvalue weighted by atomic mass is 31.2. The first kappa shape index (κ1) is 24.6. The SMILES string of the molecule is C[C@H](NC(=O)OC(C)(C)C)P(=O)(O)C[C@@H](Cc1ccc(-c2ccccc2)cc1)C(=O)O. The van der Waals surface area contributed by atoms with E-state index in [1.165, 1.54) is 6.92 Å². The van der Waals surface area contributed by atoms with E-state index in [0.717, 1.165) is 16.7 Å². The van der Waals surface area contributed by atoms with E-state index in [4.69, 9.17) is 4.74 Å². The molecule has 0 saturated carbocycles. The first-order chi connectivity index (χ1) is 14.4. The monoisotopic (exact) mass is 447 g/mol. The molecular formula is C23H30NO6P. The lowest BCUT2D eigenvalue weighted by Gasteiger charge is -2.25. The number of carbonyl (C=O) groups is 2. The zero-order chi connectivity index (χ0) is 23.2. The molecule has 0 bridgehead atoms. The smallest absolute Gasteiger partial charge is 0.408 e. The molecule has 2 rings (SSSR count). The van der Waals surface area contributed by atoms with Crippen LogP contribution < -0.4 is 5.32 Å². The van der Waals surface area contributed by atoms with Gasteiger partial charge >= 0.3 is 12.1 Å². The standard InChI is InChI=1S/C23H30NO6P/c1-16(24-22(27)30-23(2,3)4)31(28,29)15-20(21(25)26)14-17-10-12-19(13-11-17)18-8-6-5-7-9-18/h5-13,16,20H,14-15H2,1-4H3,(H,24,27)(H,25,26)(H,28,29)/t16-,20-/m1/s1. The number of carboxylic acid groups (broad SMARTS) is 1. The van der Waals surface area contributed by atoms with E-state index >= 15 is 0 Å². The molecule has 2 aromatic carbocycles. The number of rotatable bonds is 8. The van der Waals surface area contributed by atoms with E-state index in [9.17, 15) is 24.2 Å². The van der Waals surface area contributed by atoms with Gasteiger partial charge < -0.3 is 20.1 Å². The molecule has 0 aliphatic rings. The van der Waals surface area contributed by atoms with Crippen LogP contribution in [0, 0.1) is 5.92 Å². The fourth-order valence-corrected chi connectivity index (χ4v) is 4.57. The second-order valence-electron chi connectivity index (χ2n) is 8.56. The van der Waals surface area contributed by atoms with Gasteiger partial charge in [-0.05, 0) is 50.8 Å². The Morgan fingerprint density at radius 1 is 1.03 bits per heavy atom. The van der Waals surface area contributed by atoms with E-state index < -0.39 is 42.9 Å². The molecule has 0 aromatic heterocycles. The third-order valence-electron chi connectivity index (χ3n) is 4.71. The van der Waals surface area contributed by atoms with Gasteiger partial charge in [-0.1, -0.05) is 54.6 Å². The number of hydrogen-bond acceptors (Lipinski definition) is 4. The summed E-state index contributed by atoms with van der Waals surface area (Å²) in [4.78, 5) is 34.1. The number of alkyl carbamates (subject to hydrolysis) is 1. The van der Waals surface area contributed by atoms with Gasteiger partial charge in [0.05, 0.1) is 5.92 Å². The molecule has 0 aliphatic heterocycles. The summed E-state index contributed by atoms with van der Waals surface area (Å²) in [5, 5.41) is 11.9. The highest BCUT2D eigenvalue weighted by Gasteiger charge is 2.35. The summed E-state index contributed by atoms with van der Waals surface area (Å²) < 4.78 is 17.9. The number of carbonyl (C=O) groups excluding carboxylic acids is 1. The molecule has 0 spiro atoms. The van der Waals surface area contributed by atoms with Crippen LogP contribution in [0.3, 0.4) is 0 Å². The summed E-state index contributed by atoms with van der Waals surface area (Å²) in [6.07, 6.45) is -1.17. The third kappa shape index (κ3) is 7.85. The van der Waals surface area contributed by atoms with Crippen molar-refractivity contribution < 1.29 is 28.9 Å². The second kappa shape index (κ2) is 10.1. The molecule has 0 fully saturated rings. The molecule has 8 heteroatoms. The van der Waals surface area contributed by atoms with Crippen molar-refractivity contribution >= 4 is 19.4 Å². The number of hydrogen-bond donors (Lipinski definition) is 3. The minimum atomic E-state index is -4.00. The first-order valence-electron chi connectivity index (χ1n) is 10.1. The number of benzene rings is 2.